The zero-order valence-corrected chi connectivity index (χ0v) is 5.31. The van der Waals surface area contributed by atoms with Crippen LogP contribution in [0, 0.1) is 0 Å². The lowest BCUT2D eigenvalue weighted by Gasteiger charge is -1.99. The quantitative estimate of drug-likeness (QED) is 0.499. The van der Waals surface area contributed by atoms with E-state index in [-0.39, 0.29) is 0 Å². The van der Waals surface area contributed by atoms with E-state index in [2.05, 4.69) is 11.6 Å². The fourth-order valence-corrected chi connectivity index (χ4v) is 0.343. The Morgan fingerprint density at radius 1 is 1.40 bits per heavy atom. The first kappa shape index (κ1) is 9.29. The van der Waals surface area contributed by atoms with E-state index in [0.717, 1.165) is 0 Å². The summed E-state index contributed by atoms with van der Waals surface area (Å²) in [4.78, 5) is 19.6. The summed E-state index contributed by atoms with van der Waals surface area (Å²) in [5.41, 5.74) is -2.59. The first-order valence-electron chi connectivity index (χ1n) is 2.15. The van der Waals surface area contributed by atoms with E-state index >= 15 is 0 Å². The van der Waals surface area contributed by atoms with Gasteiger partial charge in [-0.2, -0.15) is 0 Å². The number of hydrogen-bond donors (Lipinski definition) is 1. The first-order chi connectivity index (χ1) is 4.46. The third-order valence-electron chi connectivity index (χ3n) is 0.682. The van der Waals surface area contributed by atoms with Crippen molar-refractivity contribution in [2.45, 2.75) is 11.8 Å². The molecular formula is C4H3ClF2O3. The maximum Gasteiger partial charge on any atom is 0.346 e. The number of carboxylic acids is 1. The highest BCUT2D eigenvalue weighted by Gasteiger charge is 2.30. The molecule has 0 saturated carbocycles. The predicted molar refractivity (Wildman–Crippen MR) is 28.3 cm³/mol. The highest BCUT2D eigenvalue weighted by atomic mass is 35.5. The van der Waals surface area contributed by atoms with Gasteiger partial charge in [0.15, 0.2) is 0 Å². The van der Waals surface area contributed by atoms with Crippen molar-refractivity contribution in [3.05, 3.63) is 0 Å². The molecule has 0 aromatic rings. The molecule has 0 fully saturated rings. The molecule has 0 radical (unpaired) electrons. The molecule has 0 bridgehead atoms. The lowest BCUT2D eigenvalue weighted by molar-refractivity contribution is -0.148. The zero-order chi connectivity index (χ0) is 8.31. The van der Waals surface area contributed by atoms with Gasteiger partial charge in [-0.3, -0.25) is 4.79 Å². The van der Waals surface area contributed by atoms with Gasteiger partial charge in [-0.15, -0.1) is 0 Å². The average molecular weight is 173 g/mol. The summed E-state index contributed by atoms with van der Waals surface area (Å²) in [7, 11) is 0. The van der Waals surface area contributed by atoms with Gasteiger partial charge >= 0.3 is 5.97 Å². The van der Waals surface area contributed by atoms with Crippen molar-refractivity contribution in [3.63, 3.8) is 0 Å². The third kappa shape index (κ3) is 2.26. The van der Waals surface area contributed by atoms with Gasteiger partial charge in [-0.25, -0.2) is 13.6 Å². The van der Waals surface area contributed by atoms with Crippen molar-refractivity contribution in [2.75, 3.05) is 0 Å². The maximum atomic E-state index is 11.9. The van der Waals surface area contributed by atoms with Crippen LogP contribution in [0.5, 0.6) is 0 Å². The van der Waals surface area contributed by atoms with Crippen LogP contribution in [0.3, 0.4) is 0 Å². The molecule has 0 rings (SSSR count). The van der Waals surface area contributed by atoms with Gasteiger partial charge in [0.2, 0.25) is 11.4 Å². The fourth-order valence-electron chi connectivity index (χ4n) is 0.232. The van der Waals surface area contributed by atoms with E-state index in [0.29, 0.717) is 0 Å². The van der Waals surface area contributed by atoms with Gasteiger partial charge in [0.25, 0.3) is 6.17 Å². The van der Waals surface area contributed by atoms with E-state index in [9.17, 15) is 18.4 Å². The van der Waals surface area contributed by atoms with Gasteiger partial charge < -0.3 is 5.11 Å². The van der Waals surface area contributed by atoms with Crippen molar-refractivity contribution in [3.8, 4) is 0 Å². The lowest BCUT2D eigenvalue weighted by atomic mass is 10.3. The van der Waals surface area contributed by atoms with Crippen LogP contribution in [0.1, 0.15) is 0 Å². The Morgan fingerprint density at radius 3 is 1.90 bits per heavy atom. The zero-order valence-electron chi connectivity index (χ0n) is 4.55. The minimum atomic E-state index is -2.87. The maximum absolute atomic E-state index is 11.9. The molecule has 0 saturated heterocycles. The fraction of sp³-hybridized carbons (Fsp3) is 0.500. The number of carbonyl (C=O) groups is 2. The second kappa shape index (κ2) is 3.46. The second-order valence-corrected chi connectivity index (χ2v) is 1.79. The molecule has 1 N–H and O–H groups in total. The first-order valence-corrected chi connectivity index (χ1v) is 2.59. The van der Waals surface area contributed by atoms with Gasteiger partial charge in [-0.05, 0) is 0 Å². The summed E-state index contributed by atoms with van der Waals surface area (Å²) in [5, 5.41) is 7.78. The summed E-state index contributed by atoms with van der Waals surface area (Å²) >= 11 is 4.45. The molecule has 2 atom stereocenters. The topological polar surface area (TPSA) is 54.4 Å². The largest absolute Gasteiger partial charge is 0.479 e. The Labute approximate surface area is 59.6 Å². The van der Waals surface area contributed by atoms with Gasteiger partial charge in [0, 0.05) is 0 Å². The van der Waals surface area contributed by atoms with E-state index in [1.165, 1.54) is 0 Å². The molecule has 0 aliphatic rings. The summed E-state index contributed by atoms with van der Waals surface area (Å²) in [5.74, 6) is -3.82. The normalized spacial score (nSPS) is 15.9. The van der Waals surface area contributed by atoms with E-state index in [1.807, 2.05) is 0 Å². The van der Waals surface area contributed by atoms with Crippen LogP contribution in [-0.2, 0) is 9.59 Å². The molecular weight excluding hydrogens is 169 g/mol. The van der Waals surface area contributed by atoms with Gasteiger partial charge in [0.05, 0.1) is 0 Å². The SMILES string of the molecule is O=C(O)C(F)C(=O)C(F)Cl. The minimum Gasteiger partial charge on any atom is -0.479 e. The number of aliphatic carboxylic acids is 1. The molecule has 0 heterocycles. The average Bonchev–Trinajstić information content (AvgIpc) is 1.84. The number of halogens is 3. The van der Waals surface area contributed by atoms with Crippen LogP contribution >= 0.6 is 11.6 Å². The van der Waals surface area contributed by atoms with Gasteiger partial charge in [-0.1, -0.05) is 11.6 Å². The Balaban J connectivity index is 4.08. The van der Waals surface area contributed by atoms with Crippen molar-refractivity contribution < 1.29 is 23.5 Å². The molecule has 0 amide bonds. The molecule has 6 heteroatoms. The highest BCUT2D eigenvalue weighted by molar-refractivity contribution is 6.32. The van der Waals surface area contributed by atoms with Crippen LogP contribution < -0.4 is 0 Å². The minimum absolute atomic E-state index is 1.78. The van der Waals surface area contributed by atoms with Crippen LogP contribution in [0.25, 0.3) is 0 Å². The molecule has 10 heavy (non-hydrogen) atoms. The van der Waals surface area contributed by atoms with Crippen molar-refractivity contribution >= 4 is 23.4 Å². The Hall–Kier alpha value is -0.710. The van der Waals surface area contributed by atoms with E-state index in [4.69, 9.17) is 5.11 Å². The number of hydrogen-bond acceptors (Lipinski definition) is 2. The Kier molecular flexibility index (Phi) is 3.21. The molecule has 2 unspecified atom stereocenters. The lowest BCUT2D eigenvalue weighted by Crippen LogP contribution is -2.29. The molecule has 0 aromatic heterocycles. The Morgan fingerprint density at radius 2 is 1.80 bits per heavy atom. The monoisotopic (exact) mass is 172 g/mol. The number of ketones is 1. The molecule has 0 aliphatic carbocycles. The van der Waals surface area contributed by atoms with Crippen LogP contribution in [0.15, 0.2) is 0 Å². The van der Waals surface area contributed by atoms with Crippen LogP contribution in [0.2, 0.25) is 0 Å². The predicted octanol–water partition coefficient (Wildman–Crippen LogP) is 0.513. The second-order valence-electron chi connectivity index (χ2n) is 1.40. The number of carboxylic acid groups (broad SMARTS) is 1. The smallest absolute Gasteiger partial charge is 0.346 e. The van der Waals surface area contributed by atoms with Crippen molar-refractivity contribution in [1.29, 1.82) is 0 Å². The Bertz CT molecular complexity index is 159. The number of rotatable bonds is 3. The summed E-state index contributed by atoms with van der Waals surface area (Å²) in [6.07, 6.45) is -2.87. The summed E-state index contributed by atoms with van der Waals surface area (Å²) in [6.45, 7) is 0. The van der Waals surface area contributed by atoms with Crippen LogP contribution in [-0.4, -0.2) is 28.7 Å². The van der Waals surface area contributed by atoms with Crippen LogP contribution in [0.4, 0.5) is 8.78 Å². The van der Waals surface area contributed by atoms with Crippen molar-refractivity contribution in [2.24, 2.45) is 0 Å². The molecule has 3 nitrogen and oxygen atoms in total. The van der Waals surface area contributed by atoms with Crippen molar-refractivity contribution in [1.82, 2.24) is 0 Å². The third-order valence-corrected chi connectivity index (χ3v) is 0.897. The highest BCUT2D eigenvalue weighted by Crippen LogP contribution is 2.05. The number of Topliss-reactive ketones (excluding diaryl/α,β-unsaturated/α-hetero) is 1. The molecule has 58 valence electrons. The van der Waals surface area contributed by atoms with E-state index < -0.39 is 23.6 Å². The number of alkyl halides is 3. The summed E-state index contributed by atoms with van der Waals surface area (Å²) in [6, 6.07) is 0. The summed E-state index contributed by atoms with van der Waals surface area (Å²) < 4.78 is 23.5. The standard InChI is InChI=1S/C4H3ClF2O3/c5-3(7)2(8)1(6)4(9)10/h1,3H,(H,9,10). The number of carbonyl (C=O) groups excluding carboxylic acids is 1. The molecule has 0 aliphatic heterocycles. The molecule has 0 spiro atoms. The molecule has 0 aromatic carbocycles. The van der Waals surface area contributed by atoms with Gasteiger partial charge in [0.1, 0.15) is 0 Å². The van der Waals surface area contributed by atoms with E-state index in [1.54, 1.807) is 0 Å².